The highest BCUT2D eigenvalue weighted by atomic mass is 35.5. The fourth-order valence-corrected chi connectivity index (χ4v) is 4.15. The number of nitrogens with zero attached hydrogens (tertiary/aromatic N) is 2. The molecule has 4 aromatic rings. The van der Waals surface area contributed by atoms with Gasteiger partial charge in [0.2, 0.25) is 0 Å². The summed E-state index contributed by atoms with van der Waals surface area (Å²) in [5.74, 6) is 3.86. The van der Waals surface area contributed by atoms with Gasteiger partial charge in [-0.25, -0.2) is 0 Å². The van der Waals surface area contributed by atoms with Gasteiger partial charge in [-0.2, -0.15) is 0 Å². The lowest BCUT2D eigenvalue weighted by atomic mass is 10.1. The van der Waals surface area contributed by atoms with Crippen LogP contribution in [0.4, 0.5) is 0 Å². The molecule has 0 aliphatic carbocycles. The van der Waals surface area contributed by atoms with Crippen LogP contribution in [0.15, 0.2) is 67.4 Å². The van der Waals surface area contributed by atoms with Crippen LogP contribution < -0.4 is 10.6 Å². The second kappa shape index (κ2) is 9.27. The van der Waals surface area contributed by atoms with E-state index < -0.39 is 0 Å². The number of nitrogens with one attached hydrogen (secondary N) is 2. The van der Waals surface area contributed by atoms with Crippen molar-refractivity contribution in [3.05, 3.63) is 71.2 Å². The summed E-state index contributed by atoms with van der Waals surface area (Å²) in [6, 6.07) is 16.7. The number of halogens is 2. The Kier molecular flexibility index (Phi) is 6.44. The molecule has 2 aliphatic rings. The van der Waals surface area contributed by atoms with E-state index in [-0.39, 0.29) is 24.8 Å². The van der Waals surface area contributed by atoms with Gasteiger partial charge in [0.15, 0.2) is 0 Å². The molecule has 0 atom stereocenters. The maximum absolute atomic E-state index is 6.10. The first-order valence-corrected chi connectivity index (χ1v) is 10.4. The summed E-state index contributed by atoms with van der Waals surface area (Å²) >= 11 is 0. The van der Waals surface area contributed by atoms with Crippen molar-refractivity contribution in [1.29, 1.82) is 0 Å². The molecule has 0 saturated carbocycles. The summed E-state index contributed by atoms with van der Waals surface area (Å²) in [6.45, 7) is 3.49. The molecule has 2 N–H and O–H groups in total. The molecule has 0 amide bonds. The van der Waals surface area contributed by atoms with E-state index in [4.69, 9.17) is 8.83 Å². The Bertz CT molecular complexity index is 1220. The van der Waals surface area contributed by atoms with Crippen molar-refractivity contribution < 1.29 is 8.83 Å². The average molecular weight is 471 g/mol. The number of benzene rings is 2. The lowest BCUT2D eigenvalue weighted by Crippen LogP contribution is -2.19. The van der Waals surface area contributed by atoms with Crippen molar-refractivity contribution >= 4 is 58.4 Å². The third-order valence-corrected chi connectivity index (χ3v) is 5.65. The van der Waals surface area contributed by atoms with Gasteiger partial charge in [-0.3, -0.25) is 9.98 Å². The molecule has 2 aromatic carbocycles. The largest absolute Gasteiger partial charge is 0.461 e. The zero-order chi connectivity index (χ0) is 19.9. The van der Waals surface area contributed by atoms with Crippen LogP contribution in [0, 0.1) is 0 Å². The van der Waals surface area contributed by atoms with E-state index in [0.717, 1.165) is 95.3 Å². The average Bonchev–Trinajstić information content (AvgIpc) is 3.56. The fourth-order valence-electron chi connectivity index (χ4n) is 4.15. The third-order valence-electron chi connectivity index (χ3n) is 5.65. The highest BCUT2D eigenvalue weighted by Gasteiger charge is 2.13. The standard InChI is InChI=1S/C24H22N4O2.2ClH/c1-2-17(24-27-9-10-28-24)14-22-15(1)12-19(30-22)4-5-20-13-18-11-16(3-6-21(18)29-20)23-25-7-8-26-23;;/h1-3,6,11-14H,4-5,7-10H2,(H,25,26)(H,27,28);2*1H. The Morgan fingerprint density at radius 1 is 0.656 bits per heavy atom. The number of fused-ring (bicyclic) bond motifs is 2. The van der Waals surface area contributed by atoms with Crippen LogP contribution in [0.3, 0.4) is 0 Å². The molecule has 8 heteroatoms. The molecule has 32 heavy (non-hydrogen) atoms. The molecule has 2 aromatic heterocycles. The molecule has 0 unspecified atom stereocenters. The second-order valence-electron chi connectivity index (χ2n) is 7.74. The van der Waals surface area contributed by atoms with Gasteiger partial charge in [0.05, 0.1) is 13.1 Å². The molecular formula is C24H24Cl2N4O2. The SMILES string of the molecule is Cl.Cl.c1cc2oc(CCc3cc4ccc(C5=NCCN5)cc4o3)cc2cc1C1=NCCN1. The van der Waals surface area contributed by atoms with Crippen LogP contribution in [-0.4, -0.2) is 37.9 Å². The van der Waals surface area contributed by atoms with E-state index in [2.05, 4.69) is 63.1 Å². The van der Waals surface area contributed by atoms with Crippen LogP contribution in [0.2, 0.25) is 0 Å². The van der Waals surface area contributed by atoms with Crippen molar-refractivity contribution in [2.45, 2.75) is 12.8 Å². The highest BCUT2D eigenvalue weighted by molar-refractivity contribution is 6.03. The molecule has 0 saturated heterocycles. The van der Waals surface area contributed by atoms with Gasteiger partial charge in [-0.15, -0.1) is 24.8 Å². The van der Waals surface area contributed by atoms with Crippen LogP contribution >= 0.6 is 24.8 Å². The minimum absolute atomic E-state index is 0. The molecular weight excluding hydrogens is 447 g/mol. The smallest absolute Gasteiger partial charge is 0.135 e. The van der Waals surface area contributed by atoms with Crippen molar-refractivity contribution in [1.82, 2.24) is 10.6 Å². The number of hydrogen-bond donors (Lipinski definition) is 2. The zero-order valence-corrected chi connectivity index (χ0v) is 19.0. The van der Waals surface area contributed by atoms with Crippen molar-refractivity contribution in [3.8, 4) is 0 Å². The van der Waals surface area contributed by atoms with Crippen LogP contribution in [0.5, 0.6) is 0 Å². The van der Waals surface area contributed by atoms with Gasteiger partial charge >= 0.3 is 0 Å². The quantitative estimate of drug-likeness (QED) is 0.449. The Labute approximate surface area is 198 Å². The Balaban J connectivity index is 0.00000122. The van der Waals surface area contributed by atoms with Crippen LogP contribution in [0.25, 0.3) is 21.9 Å². The van der Waals surface area contributed by atoms with Gasteiger partial charge in [-0.1, -0.05) is 12.1 Å². The summed E-state index contributed by atoms with van der Waals surface area (Å²) in [5.41, 5.74) is 4.00. The molecule has 0 bridgehead atoms. The number of hydrogen-bond acceptors (Lipinski definition) is 6. The van der Waals surface area contributed by atoms with E-state index in [0.29, 0.717) is 0 Å². The monoisotopic (exact) mass is 470 g/mol. The Morgan fingerprint density at radius 3 is 1.91 bits per heavy atom. The minimum atomic E-state index is 0. The lowest BCUT2D eigenvalue weighted by Gasteiger charge is -2.01. The van der Waals surface area contributed by atoms with Crippen LogP contribution in [-0.2, 0) is 12.8 Å². The fraction of sp³-hybridized carbons (Fsp3) is 0.250. The third kappa shape index (κ3) is 4.20. The molecule has 0 radical (unpaired) electrons. The molecule has 2 aliphatic heterocycles. The number of aliphatic imine (C=N–C) groups is 2. The Morgan fingerprint density at radius 2 is 1.25 bits per heavy atom. The van der Waals surface area contributed by atoms with E-state index >= 15 is 0 Å². The first-order valence-electron chi connectivity index (χ1n) is 10.4. The predicted octanol–water partition coefficient (Wildman–Crippen LogP) is 4.51. The first kappa shape index (κ1) is 22.2. The summed E-state index contributed by atoms with van der Waals surface area (Å²) in [5, 5.41) is 8.86. The maximum Gasteiger partial charge on any atom is 0.135 e. The molecule has 166 valence electrons. The molecule has 6 nitrogen and oxygen atoms in total. The number of aryl methyl sites for hydroxylation is 2. The summed E-state index contributed by atoms with van der Waals surface area (Å²) in [7, 11) is 0. The van der Waals surface area contributed by atoms with Gasteiger partial charge in [-0.05, 0) is 36.4 Å². The summed E-state index contributed by atoms with van der Waals surface area (Å²) in [6.07, 6.45) is 1.59. The van der Waals surface area contributed by atoms with Crippen molar-refractivity contribution in [3.63, 3.8) is 0 Å². The lowest BCUT2D eigenvalue weighted by molar-refractivity contribution is 0.510. The van der Waals surface area contributed by atoms with Crippen molar-refractivity contribution in [2.75, 3.05) is 26.2 Å². The van der Waals surface area contributed by atoms with E-state index in [9.17, 15) is 0 Å². The molecule has 4 heterocycles. The van der Waals surface area contributed by atoms with Gasteiger partial charge in [0.1, 0.15) is 34.4 Å². The summed E-state index contributed by atoms with van der Waals surface area (Å²) < 4.78 is 12.1. The first-order chi connectivity index (χ1) is 14.8. The van der Waals surface area contributed by atoms with Gasteiger partial charge in [0.25, 0.3) is 0 Å². The molecule has 0 spiro atoms. The number of rotatable bonds is 5. The van der Waals surface area contributed by atoms with Crippen LogP contribution in [0.1, 0.15) is 22.6 Å². The molecule has 0 fully saturated rings. The summed E-state index contributed by atoms with van der Waals surface area (Å²) in [4.78, 5) is 8.99. The van der Waals surface area contributed by atoms with E-state index in [1.54, 1.807) is 0 Å². The van der Waals surface area contributed by atoms with E-state index in [1.165, 1.54) is 0 Å². The van der Waals surface area contributed by atoms with E-state index in [1.807, 2.05) is 6.07 Å². The topological polar surface area (TPSA) is 75.1 Å². The number of amidine groups is 2. The maximum atomic E-state index is 6.10. The highest BCUT2D eigenvalue weighted by Crippen LogP contribution is 2.25. The zero-order valence-electron chi connectivity index (χ0n) is 17.4. The normalized spacial score (nSPS) is 15.0. The van der Waals surface area contributed by atoms with Crippen molar-refractivity contribution in [2.24, 2.45) is 9.98 Å². The van der Waals surface area contributed by atoms with Gasteiger partial charge < -0.3 is 19.5 Å². The predicted molar refractivity (Wildman–Crippen MR) is 133 cm³/mol. The number of furan rings is 2. The second-order valence-corrected chi connectivity index (χ2v) is 7.74. The molecule has 6 rings (SSSR count). The van der Waals surface area contributed by atoms with Gasteiger partial charge in [0, 0.05) is 47.8 Å². The Hall–Kier alpha value is -2.96. The minimum Gasteiger partial charge on any atom is -0.461 e.